The van der Waals surface area contributed by atoms with Gasteiger partial charge in [-0.25, -0.2) is 4.68 Å². The molecule has 0 spiro atoms. The van der Waals surface area contributed by atoms with Crippen molar-refractivity contribution in [3.8, 4) is 28.8 Å². The van der Waals surface area contributed by atoms with Crippen molar-refractivity contribution < 1.29 is 9.53 Å². The van der Waals surface area contributed by atoms with Gasteiger partial charge in [-0.15, -0.1) is 0 Å². The molecule has 140 valence electrons. The van der Waals surface area contributed by atoms with E-state index in [-0.39, 0.29) is 5.57 Å². The lowest BCUT2D eigenvalue weighted by Gasteiger charge is -2.05. The monoisotopic (exact) mass is 372 g/mol. The summed E-state index contributed by atoms with van der Waals surface area (Å²) in [6.07, 6.45) is 3.35. The molecule has 1 amide bonds. The van der Waals surface area contributed by atoms with Crippen molar-refractivity contribution in [2.75, 3.05) is 13.7 Å². The number of nitriles is 1. The summed E-state index contributed by atoms with van der Waals surface area (Å²) in [5.74, 6) is 0.292. The second-order valence-corrected chi connectivity index (χ2v) is 5.92. The Kier molecular flexibility index (Phi) is 5.87. The molecule has 0 aliphatic heterocycles. The Hall–Kier alpha value is -3.85. The molecule has 0 aliphatic carbocycles. The molecular formula is C22H20N4O2. The number of aromatic nitrogens is 2. The second-order valence-electron chi connectivity index (χ2n) is 5.92. The van der Waals surface area contributed by atoms with Gasteiger partial charge in [-0.3, -0.25) is 4.79 Å². The number of benzene rings is 2. The molecule has 0 unspecified atom stereocenters. The number of para-hydroxylation sites is 1. The van der Waals surface area contributed by atoms with Crippen molar-refractivity contribution in [3.05, 3.63) is 71.9 Å². The highest BCUT2D eigenvalue weighted by atomic mass is 16.5. The maximum absolute atomic E-state index is 12.0. The van der Waals surface area contributed by atoms with Crippen LogP contribution in [0.4, 0.5) is 0 Å². The highest BCUT2D eigenvalue weighted by Crippen LogP contribution is 2.28. The molecule has 0 saturated carbocycles. The third-order valence-electron chi connectivity index (χ3n) is 4.07. The van der Waals surface area contributed by atoms with Gasteiger partial charge < -0.3 is 10.1 Å². The van der Waals surface area contributed by atoms with E-state index in [2.05, 4.69) is 5.32 Å². The SMILES string of the molecule is CCOc1cccc(-c2nn(-c3ccccc3)cc2C=C(C#N)C(=O)NC)c1. The first kappa shape index (κ1) is 18.9. The normalized spacial score (nSPS) is 11.0. The summed E-state index contributed by atoms with van der Waals surface area (Å²) in [5.41, 5.74) is 3.04. The lowest BCUT2D eigenvalue weighted by atomic mass is 10.1. The minimum absolute atomic E-state index is 0.0114. The molecular weight excluding hydrogens is 352 g/mol. The van der Waals surface area contributed by atoms with E-state index in [9.17, 15) is 10.1 Å². The molecule has 0 fully saturated rings. The average Bonchev–Trinajstić information content (AvgIpc) is 3.16. The van der Waals surface area contributed by atoms with E-state index in [0.717, 1.165) is 17.0 Å². The molecule has 3 aromatic rings. The van der Waals surface area contributed by atoms with Gasteiger partial charge in [-0.2, -0.15) is 10.4 Å². The first-order valence-corrected chi connectivity index (χ1v) is 8.88. The number of ether oxygens (including phenoxy) is 1. The van der Waals surface area contributed by atoms with Gasteiger partial charge in [0.05, 0.1) is 12.3 Å². The number of likely N-dealkylation sites (N-methyl/N-ethyl adjacent to an activating group) is 1. The number of carbonyl (C=O) groups is 1. The van der Waals surface area contributed by atoms with Crippen LogP contribution in [0.5, 0.6) is 5.75 Å². The topological polar surface area (TPSA) is 79.9 Å². The maximum Gasteiger partial charge on any atom is 0.261 e. The number of nitrogens with zero attached hydrogens (tertiary/aromatic N) is 3. The van der Waals surface area contributed by atoms with Gasteiger partial charge in [0, 0.05) is 24.4 Å². The quantitative estimate of drug-likeness (QED) is 0.530. The fourth-order valence-electron chi connectivity index (χ4n) is 2.77. The lowest BCUT2D eigenvalue weighted by molar-refractivity contribution is -0.116. The van der Waals surface area contributed by atoms with E-state index in [1.807, 2.05) is 67.6 Å². The Morgan fingerprint density at radius 3 is 2.71 bits per heavy atom. The largest absolute Gasteiger partial charge is 0.494 e. The third-order valence-corrected chi connectivity index (χ3v) is 4.07. The van der Waals surface area contributed by atoms with E-state index >= 15 is 0 Å². The van der Waals surface area contributed by atoms with Gasteiger partial charge >= 0.3 is 0 Å². The summed E-state index contributed by atoms with van der Waals surface area (Å²) in [6.45, 7) is 2.48. The summed E-state index contributed by atoms with van der Waals surface area (Å²) in [7, 11) is 1.49. The smallest absolute Gasteiger partial charge is 0.261 e. The maximum atomic E-state index is 12.0. The zero-order valence-electron chi connectivity index (χ0n) is 15.7. The first-order chi connectivity index (χ1) is 13.7. The van der Waals surface area contributed by atoms with Gasteiger partial charge in [0.15, 0.2) is 0 Å². The van der Waals surface area contributed by atoms with Crippen molar-refractivity contribution >= 4 is 12.0 Å². The standard InChI is InChI=1S/C22H20N4O2/c1-3-28-20-11-7-8-16(13-20)21-18(12-17(14-23)22(27)24-2)15-26(25-21)19-9-5-4-6-10-19/h4-13,15H,3H2,1-2H3,(H,24,27). The van der Waals surface area contributed by atoms with E-state index in [4.69, 9.17) is 9.84 Å². The molecule has 0 bridgehead atoms. The summed E-state index contributed by atoms with van der Waals surface area (Å²) >= 11 is 0. The molecule has 0 radical (unpaired) electrons. The van der Waals surface area contributed by atoms with Crippen molar-refractivity contribution in [3.63, 3.8) is 0 Å². The van der Waals surface area contributed by atoms with Gasteiger partial charge in [-0.1, -0.05) is 30.3 Å². The first-order valence-electron chi connectivity index (χ1n) is 8.88. The minimum Gasteiger partial charge on any atom is -0.494 e. The minimum atomic E-state index is -0.441. The van der Waals surface area contributed by atoms with Crippen molar-refractivity contribution in [1.29, 1.82) is 5.26 Å². The van der Waals surface area contributed by atoms with Crippen LogP contribution >= 0.6 is 0 Å². The van der Waals surface area contributed by atoms with Gasteiger partial charge in [0.25, 0.3) is 5.91 Å². The Bertz CT molecular complexity index is 1050. The lowest BCUT2D eigenvalue weighted by Crippen LogP contribution is -2.19. The van der Waals surface area contributed by atoms with E-state index < -0.39 is 5.91 Å². The van der Waals surface area contributed by atoms with E-state index in [0.29, 0.717) is 17.9 Å². The van der Waals surface area contributed by atoms with Crippen LogP contribution in [0, 0.1) is 11.3 Å². The molecule has 28 heavy (non-hydrogen) atoms. The molecule has 6 nitrogen and oxygen atoms in total. The Balaban J connectivity index is 2.16. The molecule has 3 rings (SSSR count). The van der Waals surface area contributed by atoms with Gasteiger partial charge in [0.2, 0.25) is 0 Å². The number of hydrogen-bond acceptors (Lipinski definition) is 4. The summed E-state index contributed by atoms with van der Waals surface area (Å²) < 4.78 is 7.32. The molecule has 1 N–H and O–H groups in total. The number of hydrogen-bond donors (Lipinski definition) is 1. The fraction of sp³-hybridized carbons (Fsp3) is 0.136. The predicted molar refractivity (Wildman–Crippen MR) is 108 cm³/mol. The predicted octanol–water partition coefficient (Wildman–Crippen LogP) is 3.59. The Morgan fingerprint density at radius 1 is 1.25 bits per heavy atom. The summed E-state index contributed by atoms with van der Waals surface area (Å²) in [5, 5.41) is 16.5. The molecule has 6 heteroatoms. The van der Waals surface area contributed by atoms with E-state index in [1.54, 1.807) is 17.0 Å². The third kappa shape index (κ3) is 4.10. The molecule has 1 aromatic heterocycles. The Labute approximate surface area is 163 Å². The van der Waals surface area contributed by atoms with E-state index in [1.165, 1.54) is 7.05 Å². The van der Waals surface area contributed by atoms with Crippen LogP contribution in [-0.2, 0) is 4.79 Å². The van der Waals surface area contributed by atoms with Crippen molar-refractivity contribution in [1.82, 2.24) is 15.1 Å². The molecule has 2 aromatic carbocycles. The van der Waals surface area contributed by atoms with Crippen LogP contribution in [-0.4, -0.2) is 29.3 Å². The zero-order valence-corrected chi connectivity index (χ0v) is 15.7. The number of nitrogens with one attached hydrogen (secondary N) is 1. The number of amides is 1. The van der Waals surface area contributed by atoms with Crippen LogP contribution in [0.25, 0.3) is 23.0 Å². The zero-order chi connectivity index (χ0) is 19.9. The van der Waals surface area contributed by atoms with Crippen molar-refractivity contribution in [2.24, 2.45) is 0 Å². The molecule has 0 atom stereocenters. The van der Waals surface area contributed by atoms with Crippen LogP contribution in [0.1, 0.15) is 12.5 Å². The fourth-order valence-corrected chi connectivity index (χ4v) is 2.77. The molecule has 0 aliphatic rings. The number of rotatable bonds is 6. The second kappa shape index (κ2) is 8.69. The van der Waals surface area contributed by atoms with Crippen LogP contribution in [0.15, 0.2) is 66.4 Å². The van der Waals surface area contributed by atoms with Crippen LogP contribution in [0.3, 0.4) is 0 Å². The summed E-state index contributed by atoms with van der Waals surface area (Å²) in [6, 6.07) is 19.2. The average molecular weight is 372 g/mol. The van der Waals surface area contributed by atoms with Crippen molar-refractivity contribution in [2.45, 2.75) is 6.92 Å². The number of carbonyl (C=O) groups excluding carboxylic acids is 1. The Morgan fingerprint density at radius 2 is 2.04 bits per heavy atom. The van der Waals surface area contributed by atoms with Gasteiger partial charge in [0.1, 0.15) is 23.1 Å². The molecule has 1 heterocycles. The highest BCUT2D eigenvalue weighted by Gasteiger charge is 2.15. The van der Waals surface area contributed by atoms with Crippen LogP contribution < -0.4 is 10.1 Å². The van der Waals surface area contributed by atoms with Gasteiger partial charge in [-0.05, 0) is 37.3 Å². The molecule has 0 saturated heterocycles. The summed E-state index contributed by atoms with van der Waals surface area (Å²) in [4.78, 5) is 12.0. The highest BCUT2D eigenvalue weighted by molar-refractivity contribution is 6.02. The van der Waals surface area contributed by atoms with Crippen LogP contribution in [0.2, 0.25) is 0 Å².